The molecule has 3 nitrogen and oxygen atoms in total. The van der Waals surface area contributed by atoms with Gasteiger partial charge in [-0.05, 0) is 24.6 Å². The van der Waals surface area contributed by atoms with Crippen LogP contribution in [0.1, 0.15) is 18.1 Å². The van der Waals surface area contributed by atoms with E-state index in [9.17, 15) is 0 Å². The van der Waals surface area contributed by atoms with Crippen LogP contribution in [-0.2, 0) is 0 Å². The molecule has 0 aliphatic carbocycles. The van der Waals surface area contributed by atoms with Crippen LogP contribution < -0.4 is 5.32 Å². The molecule has 0 heterocycles. The van der Waals surface area contributed by atoms with Crippen molar-refractivity contribution in [3.8, 4) is 6.07 Å². The van der Waals surface area contributed by atoms with Crippen LogP contribution in [0.5, 0.6) is 0 Å². The van der Waals surface area contributed by atoms with Gasteiger partial charge in [-0.1, -0.05) is 24.3 Å². The second-order valence-electron chi connectivity index (χ2n) is 3.64. The molecule has 0 saturated heterocycles. The Morgan fingerprint density at radius 3 is 2.69 bits per heavy atom. The molecular formula is C13H16N2O. The molecule has 0 aliphatic rings. The molecule has 0 saturated carbocycles. The van der Waals surface area contributed by atoms with E-state index in [0.29, 0.717) is 12.1 Å². The van der Waals surface area contributed by atoms with E-state index < -0.39 is 0 Å². The van der Waals surface area contributed by atoms with Crippen LogP contribution in [0.4, 0.5) is 0 Å². The van der Waals surface area contributed by atoms with E-state index in [2.05, 4.69) is 11.4 Å². The van der Waals surface area contributed by atoms with Crippen molar-refractivity contribution < 1.29 is 5.11 Å². The summed E-state index contributed by atoms with van der Waals surface area (Å²) in [4.78, 5) is 0. The lowest BCUT2D eigenvalue weighted by atomic mass is 10.1. The molecule has 1 aromatic carbocycles. The molecule has 2 N–H and O–H groups in total. The number of nitriles is 1. The smallest absolute Gasteiger partial charge is 0.0991 e. The first-order valence-electron chi connectivity index (χ1n) is 5.28. The van der Waals surface area contributed by atoms with Crippen LogP contribution in [0.2, 0.25) is 0 Å². The number of rotatable bonds is 5. The van der Waals surface area contributed by atoms with Gasteiger partial charge in [-0.15, -0.1) is 0 Å². The summed E-state index contributed by atoms with van der Waals surface area (Å²) in [6.45, 7) is 3.07. The monoisotopic (exact) mass is 216 g/mol. The number of aliphatic hydroxyl groups excluding tert-OH is 1. The van der Waals surface area contributed by atoms with E-state index in [0.717, 1.165) is 12.1 Å². The van der Waals surface area contributed by atoms with Crippen LogP contribution >= 0.6 is 0 Å². The zero-order valence-corrected chi connectivity index (χ0v) is 9.35. The molecule has 3 heteroatoms. The summed E-state index contributed by atoms with van der Waals surface area (Å²) in [5.41, 5.74) is 1.74. The number of nitrogens with one attached hydrogen (secondary N) is 1. The van der Waals surface area contributed by atoms with Crippen molar-refractivity contribution in [2.24, 2.45) is 0 Å². The van der Waals surface area contributed by atoms with Gasteiger partial charge in [0.05, 0.1) is 17.7 Å². The fraction of sp³-hybridized carbons (Fsp3) is 0.308. The van der Waals surface area contributed by atoms with Gasteiger partial charge in [-0.25, -0.2) is 0 Å². The van der Waals surface area contributed by atoms with Crippen LogP contribution in [0, 0.1) is 11.3 Å². The standard InChI is InChI=1S/C13H16N2O/c1-11(16)10-15-8-2-3-12-4-6-13(9-14)7-5-12/h2-7,11,15-16H,8,10H2,1H3/b3-2+/t11-/m0/s1. The number of nitrogens with zero attached hydrogens (tertiary/aromatic N) is 1. The molecule has 0 bridgehead atoms. The molecule has 1 aromatic rings. The van der Waals surface area contributed by atoms with E-state index in [1.807, 2.05) is 24.3 Å². The van der Waals surface area contributed by atoms with Gasteiger partial charge in [0.15, 0.2) is 0 Å². The van der Waals surface area contributed by atoms with Crippen molar-refractivity contribution in [2.75, 3.05) is 13.1 Å². The first-order valence-corrected chi connectivity index (χ1v) is 5.28. The van der Waals surface area contributed by atoms with Crippen LogP contribution in [0.25, 0.3) is 6.08 Å². The third-order valence-corrected chi connectivity index (χ3v) is 2.05. The highest BCUT2D eigenvalue weighted by Gasteiger charge is 1.91. The number of benzene rings is 1. The summed E-state index contributed by atoms with van der Waals surface area (Å²) in [5, 5.41) is 20.7. The van der Waals surface area contributed by atoms with Crippen molar-refractivity contribution >= 4 is 6.08 Å². The first-order chi connectivity index (χ1) is 7.72. The summed E-state index contributed by atoms with van der Waals surface area (Å²) in [6, 6.07) is 9.48. The zero-order valence-electron chi connectivity index (χ0n) is 9.35. The molecular weight excluding hydrogens is 200 g/mol. The second kappa shape index (κ2) is 6.78. The van der Waals surface area contributed by atoms with Gasteiger partial charge < -0.3 is 10.4 Å². The Hall–Kier alpha value is -1.63. The van der Waals surface area contributed by atoms with Crippen molar-refractivity contribution in [1.82, 2.24) is 5.32 Å². The third kappa shape index (κ3) is 4.74. The molecule has 84 valence electrons. The highest BCUT2D eigenvalue weighted by molar-refractivity contribution is 5.50. The van der Waals surface area contributed by atoms with Crippen LogP contribution in [0.15, 0.2) is 30.3 Å². The fourth-order valence-corrected chi connectivity index (χ4v) is 1.24. The summed E-state index contributed by atoms with van der Waals surface area (Å²) in [5.74, 6) is 0. The Morgan fingerprint density at radius 2 is 2.12 bits per heavy atom. The number of hydrogen-bond donors (Lipinski definition) is 2. The van der Waals surface area contributed by atoms with E-state index in [1.165, 1.54) is 0 Å². The van der Waals surface area contributed by atoms with Crippen molar-refractivity contribution in [1.29, 1.82) is 5.26 Å². The average Bonchev–Trinajstić information content (AvgIpc) is 2.29. The molecule has 0 aliphatic heterocycles. The number of hydrogen-bond acceptors (Lipinski definition) is 3. The lowest BCUT2D eigenvalue weighted by Crippen LogP contribution is -2.24. The van der Waals surface area contributed by atoms with Gasteiger partial charge in [-0.3, -0.25) is 0 Å². The minimum Gasteiger partial charge on any atom is -0.392 e. The Labute approximate surface area is 96.0 Å². The van der Waals surface area contributed by atoms with Gasteiger partial charge in [0, 0.05) is 13.1 Å². The molecule has 0 aromatic heterocycles. The topological polar surface area (TPSA) is 56.0 Å². The maximum Gasteiger partial charge on any atom is 0.0991 e. The van der Waals surface area contributed by atoms with E-state index in [4.69, 9.17) is 10.4 Å². The Morgan fingerprint density at radius 1 is 1.44 bits per heavy atom. The maximum atomic E-state index is 9.01. The minimum absolute atomic E-state index is 0.316. The van der Waals surface area contributed by atoms with Crippen molar-refractivity contribution in [3.63, 3.8) is 0 Å². The predicted molar refractivity (Wildman–Crippen MR) is 64.7 cm³/mol. The Kier molecular flexibility index (Phi) is 5.27. The molecule has 0 spiro atoms. The zero-order chi connectivity index (χ0) is 11.8. The minimum atomic E-state index is -0.316. The maximum absolute atomic E-state index is 9.01. The Balaban J connectivity index is 2.36. The fourth-order valence-electron chi connectivity index (χ4n) is 1.24. The van der Waals surface area contributed by atoms with E-state index >= 15 is 0 Å². The van der Waals surface area contributed by atoms with Gasteiger partial charge in [0.1, 0.15) is 0 Å². The van der Waals surface area contributed by atoms with Crippen molar-refractivity contribution in [3.05, 3.63) is 41.5 Å². The summed E-state index contributed by atoms with van der Waals surface area (Å²) in [7, 11) is 0. The van der Waals surface area contributed by atoms with Gasteiger partial charge in [0.2, 0.25) is 0 Å². The van der Waals surface area contributed by atoms with Crippen LogP contribution in [-0.4, -0.2) is 24.3 Å². The van der Waals surface area contributed by atoms with E-state index in [-0.39, 0.29) is 6.10 Å². The van der Waals surface area contributed by atoms with Gasteiger partial charge in [0.25, 0.3) is 0 Å². The van der Waals surface area contributed by atoms with E-state index in [1.54, 1.807) is 19.1 Å². The van der Waals surface area contributed by atoms with Crippen molar-refractivity contribution in [2.45, 2.75) is 13.0 Å². The normalized spacial score (nSPS) is 12.6. The molecule has 0 radical (unpaired) electrons. The summed E-state index contributed by atoms with van der Waals surface area (Å²) in [6.07, 6.45) is 3.66. The molecule has 0 amide bonds. The van der Waals surface area contributed by atoms with Gasteiger partial charge >= 0.3 is 0 Å². The lowest BCUT2D eigenvalue weighted by molar-refractivity contribution is 0.193. The Bertz CT molecular complexity index is 374. The first kappa shape index (κ1) is 12.4. The largest absolute Gasteiger partial charge is 0.392 e. The molecule has 0 fully saturated rings. The highest BCUT2D eigenvalue weighted by Crippen LogP contribution is 2.04. The summed E-state index contributed by atoms with van der Waals surface area (Å²) < 4.78 is 0. The quantitative estimate of drug-likeness (QED) is 0.734. The average molecular weight is 216 g/mol. The predicted octanol–water partition coefficient (Wildman–Crippen LogP) is 1.54. The molecule has 1 rings (SSSR count). The molecule has 0 unspecified atom stereocenters. The SMILES string of the molecule is C[C@H](O)CNC/C=C/c1ccc(C#N)cc1. The highest BCUT2D eigenvalue weighted by atomic mass is 16.3. The molecule has 1 atom stereocenters. The van der Waals surface area contributed by atoms with Gasteiger partial charge in [-0.2, -0.15) is 5.26 Å². The lowest BCUT2D eigenvalue weighted by Gasteiger charge is -2.03. The summed E-state index contributed by atoms with van der Waals surface area (Å²) >= 11 is 0. The second-order valence-corrected chi connectivity index (χ2v) is 3.64. The number of aliphatic hydroxyl groups is 1. The third-order valence-electron chi connectivity index (χ3n) is 2.05. The van der Waals surface area contributed by atoms with Crippen LogP contribution in [0.3, 0.4) is 0 Å². The molecule has 16 heavy (non-hydrogen) atoms.